The average molecular weight is 348 g/mol. The second-order valence-corrected chi connectivity index (χ2v) is 6.64. The van der Waals surface area contributed by atoms with Crippen LogP contribution in [0, 0.1) is 13.8 Å². The van der Waals surface area contributed by atoms with Crippen LogP contribution in [0.1, 0.15) is 45.3 Å². The van der Waals surface area contributed by atoms with E-state index in [1.54, 1.807) is 18.0 Å². The lowest BCUT2D eigenvalue weighted by atomic mass is 9.82. The standard InChI is InChI=1S/C20H20N4O2/c1-12-8-13(2)23-20(22-12)24-17-9-14(10-18(25)16(17)11-21-24)15-6-4-5-7-19(15)26-3/h4-8,11,14H,9-10H2,1-3H3. The average Bonchev–Trinajstić information content (AvgIpc) is 3.05. The fourth-order valence-corrected chi connectivity index (χ4v) is 3.64. The summed E-state index contributed by atoms with van der Waals surface area (Å²) < 4.78 is 7.19. The van der Waals surface area contributed by atoms with Crippen LogP contribution in [0.4, 0.5) is 0 Å². The number of ether oxygens (including phenoxy) is 1. The molecule has 6 nitrogen and oxygen atoms in total. The molecule has 2 heterocycles. The Hall–Kier alpha value is -3.02. The molecule has 1 unspecified atom stereocenters. The summed E-state index contributed by atoms with van der Waals surface area (Å²) in [4.78, 5) is 21.7. The molecule has 1 aliphatic rings. The largest absolute Gasteiger partial charge is 0.496 e. The minimum atomic E-state index is 0.0486. The summed E-state index contributed by atoms with van der Waals surface area (Å²) in [5.74, 6) is 1.46. The molecule has 0 amide bonds. The number of aromatic nitrogens is 4. The number of rotatable bonds is 3. The van der Waals surface area contributed by atoms with Gasteiger partial charge in [0.2, 0.25) is 0 Å². The first-order valence-electron chi connectivity index (χ1n) is 8.62. The first kappa shape index (κ1) is 16.4. The second-order valence-electron chi connectivity index (χ2n) is 6.64. The van der Waals surface area contributed by atoms with Crippen LogP contribution in [-0.2, 0) is 6.42 Å². The second kappa shape index (κ2) is 6.37. The van der Waals surface area contributed by atoms with E-state index in [4.69, 9.17) is 4.74 Å². The molecule has 0 N–H and O–H groups in total. The van der Waals surface area contributed by atoms with Crippen molar-refractivity contribution < 1.29 is 9.53 Å². The van der Waals surface area contributed by atoms with Gasteiger partial charge in [-0.2, -0.15) is 5.10 Å². The molecule has 132 valence electrons. The van der Waals surface area contributed by atoms with Crippen molar-refractivity contribution in [1.82, 2.24) is 19.7 Å². The summed E-state index contributed by atoms with van der Waals surface area (Å²) >= 11 is 0. The quantitative estimate of drug-likeness (QED) is 0.727. The molecule has 6 heteroatoms. The highest BCUT2D eigenvalue weighted by Gasteiger charge is 2.31. The van der Waals surface area contributed by atoms with Crippen molar-refractivity contribution in [1.29, 1.82) is 0 Å². The maximum absolute atomic E-state index is 12.7. The van der Waals surface area contributed by atoms with Crippen molar-refractivity contribution in [3.63, 3.8) is 0 Å². The zero-order valence-electron chi connectivity index (χ0n) is 15.1. The number of methoxy groups -OCH3 is 1. The molecule has 1 aromatic carbocycles. The normalized spacial score (nSPS) is 16.4. The predicted molar refractivity (Wildman–Crippen MR) is 97.0 cm³/mol. The molecule has 1 aliphatic carbocycles. The summed E-state index contributed by atoms with van der Waals surface area (Å²) in [7, 11) is 1.66. The van der Waals surface area contributed by atoms with Crippen molar-refractivity contribution in [2.75, 3.05) is 7.11 Å². The third-order valence-corrected chi connectivity index (χ3v) is 4.78. The van der Waals surface area contributed by atoms with E-state index in [1.807, 2.05) is 44.2 Å². The molecular weight excluding hydrogens is 328 g/mol. The first-order chi connectivity index (χ1) is 12.6. The highest BCUT2D eigenvalue weighted by Crippen LogP contribution is 2.37. The summed E-state index contributed by atoms with van der Waals surface area (Å²) in [6, 6.07) is 9.78. The van der Waals surface area contributed by atoms with Gasteiger partial charge in [-0.25, -0.2) is 14.6 Å². The van der Waals surface area contributed by atoms with Gasteiger partial charge in [0.1, 0.15) is 5.75 Å². The van der Waals surface area contributed by atoms with Crippen molar-refractivity contribution in [2.45, 2.75) is 32.6 Å². The smallest absolute Gasteiger partial charge is 0.251 e. The number of hydrogen-bond donors (Lipinski definition) is 0. The number of Topliss-reactive ketones (excluding diaryl/α,β-unsaturated/α-hetero) is 1. The van der Waals surface area contributed by atoms with Gasteiger partial charge in [0.05, 0.1) is 24.6 Å². The van der Waals surface area contributed by atoms with Crippen LogP contribution in [0.2, 0.25) is 0 Å². The Bertz CT molecular complexity index is 973. The van der Waals surface area contributed by atoms with Crippen LogP contribution in [0.15, 0.2) is 36.5 Å². The summed E-state index contributed by atoms with van der Waals surface area (Å²) in [6.07, 6.45) is 2.78. The van der Waals surface area contributed by atoms with Crippen LogP contribution in [0.25, 0.3) is 5.95 Å². The van der Waals surface area contributed by atoms with E-state index in [1.165, 1.54) is 0 Å². The molecule has 0 bridgehead atoms. The molecule has 0 fully saturated rings. The van der Waals surface area contributed by atoms with Crippen molar-refractivity contribution in [2.24, 2.45) is 0 Å². The van der Waals surface area contributed by atoms with E-state index in [0.29, 0.717) is 24.4 Å². The van der Waals surface area contributed by atoms with Crippen molar-refractivity contribution >= 4 is 5.78 Å². The molecule has 2 aromatic heterocycles. The maximum Gasteiger partial charge on any atom is 0.251 e. The van der Waals surface area contributed by atoms with E-state index in [9.17, 15) is 4.79 Å². The van der Waals surface area contributed by atoms with Crippen LogP contribution < -0.4 is 4.74 Å². The summed E-state index contributed by atoms with van der Waals surface area (Å²) in [6.45, 7) is 3.85. The van der Waals surface area contributed by atoms with Crippen LogP contribution >= 0.6 is 0 Å². The molecule has 0 radical (unpaired) electrons. The third kappa shape index (κ3) is 2.77. The van der Waals surface area contributed by atoms with Gasteiger partial charge in [-0.05, 0) is 38.0 Å². The van der Waals surface area contributed by atoms with Gasteiger partial charge in [0, 0.05) is 23.7 Å². The minimum absolute atomic E-state index is 0.0486. The SMILES string of the molecule is COc1ccccc1C1CC(=O)c2cnn(-c3nc(C)cc(C)n3)c2C1. The number of fused-ring (bicyclic) bond motifs is 1. The predicted octanol–water partition coefficient (Wildman–Crippen LogP) is 3.20. The number of nitrogens with zero attached hydrogens (tertiary/aromatic N) is 4. The van der Waals surface area contributed by atoms with Gasteiger partial charge >= 0.3 is 0 Å². The first-order valence-corrected chi connectivity index (χ1v) is 8.62. The number of aryl methyl sites for hydroxylation is 2. The molecule has 0 aliphatic heterocycles. The molecule has 0 saturated carbocycles. The molecule has 0 spiro atoms. The number of carbonyl (C=O) groups is 1. The lowest BCUT2D eigenvalue weighted by Gasteiger charge is -2.24. The Labute approximate surface area is 151 Å². The van der Waals surface area contributed by atoms with Gasteiger partial charge in [0.15, 0.2) is 5.78 Å². The number of benzene rings is 1. The highest BCUT2D eigenvalue weighted by atomic mass is 16.5. The topological polar surface area (TPSA) is 69.9 Å². The summed E-state index contributed by atoms with van der Waals surface area (Å²) in [5, 5.41) is 4.41. The molecule has 3 aromatic rings. The Morgan fingerprint density at radius 3 is 2.58 bits per heavy atom. The number of carbonyl (C=O) groups excluding carboxylic acids is 1. The van der Waals surface area contributed by atoms with Gasteiger partial charge in [-0.1, -0.05) is 18.2 Å². The van der Waals surface area contributed by atoms with Crippen molar-refractivity contribution in [3.8, 4) is 11.7 Å². The number of hydrogen-bond acceptors (Lipinski definition) is 5. The van der Waals surface area contributed by atoms with Crippen molar-refractivity contribution in [3.05, 3.63) is 64.7 Å². The van der Waals surface area contributed by atoms with Crippen LogP contribution in [-0.4, -0.2) is 32.6 Å². The van der Waals surface area contributed by atoms with E-state index in [0.717, 1.165) is 28.4 Å². The Morgan fingerprint density at radius 2 is 1.85 bits per heavy atom. The molecule has 1 atom stereocenters. The fourth-order valence-electron chi connectivity index (χ4n) is 3.64. The zero-order valence-corrected chi connectivity index (χ0v) is 15.1. The van der Waals surface area contributed by atoms with Gasteiger partial charge in [-0.3, -0.25) is 4.79 Å². The molecule has 0 saturated heterocycles. The van der Waals surface area contributed by atoms with Gasteiger partial charge in [0.25, 0.3) is 5.95 Å². The zero-order chi connectivity index (χ0) is 18.3. The Kier molecular flexibility index (Phi) is 4.03. The minimum Gasteiger partial charge on any atom is -0.496 e. The van der Waals surface area contributed by atoms with Crippen LogP contribution in [0.5, 0.6) is 5.75 Å². The lowest BCUT2D eigenvalue weighted by molar-refractivity contribution is 0.0963. The maximum atomic E-state index is 12.7. The van der Waals surface area contributed by atoms with Gasteiger partial charge in [-0.15, -0.1) is 0 Å². The highest BCUT2D eigenvalue weighted by molar-refractivity contribution is 5.98. The van der Waals surface area contributed by atoms with Gasteiger partial charge < -0.3 is 4.74 Å². The molecule has 26 heavy (non-hydrogen) atoms. The third-order valence-electron chi connectivity index (χ3n) is 4.78. The van der Waals surface area contributed by atoms with E-state index >= 15 is 0 Å². The molecular formula is C20H20N4O2. The number of para-hydroxylation sites is 1. The Balaban J connectivity index is 1.78. The van der Waals surface area contributed by atoms with E-state index in [-0.39, 0.29) is 11.7 Å². The van der Waals surface area contributed by atoms with Crippen LogP contribution in [0.3, 0.4) is 0 Å². The molecule has 4 rings (SSSR count). The number of ketones is 1. The van der Waals surface area contributed by atoms with E-state index < -0.39 is 0 Å². The Morgan fingerprint density at radius 1 is 1.12 bits per heavy atom. The monoisotopic (exact) mass is 348 g/mol. The van der Waals surface area contributed by atoms with E-state index in [2.05, 4.69) is 15.1 Å². The summed E-state index contributed by atoms with van der Waals surface area (Å²) in [5.41, 5.74) is 4.32. The fraction of sp³-hybridized carbons (Fsp3) is 0.300. The lowest BCUT2D eigenvalue weighted by Crippen LogP contribution is -2.21.